The minimum atomic E-state index is 0.671. The minimum Gasteiger partial charge on any atom is -0.455 e. The predicted molar refractivity (Wildman–Crippen MR) is 289 cm³/mol. The summed E-state index contributed by atoms with van der Waals surface area (Å²) in [7, 11) is 0. The third-order valence-electron chi connectivity index (χ3n) is 13.8. The Morgan fingerprint density at radius 1 is 0.329 bits per heavy atom. The highest BCUT2D eigenvalue weighted by atomic mass is 16.3. The lowest BCUT2D eigenvalue weighted by Crippen LogP contribution is -1.96. The monoisotopic (exact) mass is 892 g/mol. The molecule has 10 aromatic carbocycles. The summed E-state index contributed by atoms with van der Waals surface area (Å²) in [4.78, 5) is 15.8. The van der Waals surface area contributed by atoms with Crippen molar-refractivity contribution < 1.29 is 4.42 Å². The molecule has 14 aromatic rings. The Balaban J connectivity index is 0.888. The number of para-hydroxylation sites is 4. The van der Waals surface area contributed by atoms with Crippen LogP contribution >= 0.6 is 0 Å². The van der Waals surface area contributed by atoms with Crippen LogP contribution in [0.5, 0.6) is 0 Å². The molecule has 4 aromatic heterocycles. The third kappa shape index (κ3) is 6.51. The van der Waals surface area contributed by atoms with Crippen LogP contribution < -0.4 is 0 Å². The summed E-state index contributed by atoms with van der Waals surface area (Å²) in [5.74, 6) is 0.671. The van der Waals surface area contributed by atoms with E-state index < -0.39 is 0 Å². The van der Waals surface area contributed by atoms with Gasteiger partial charge in [-0.1, -0.05) is 194 Å². The van der Waals surface area contributed by atoms with E-state index >= 15 is 0 Å². The van der Waals surface area contributed by atoms with E-state index in [0.717, 1.165) is 106 Å². The van der Waals surface area contributed by atoms with Crippen molar-refractivity contribution in [3.05, 3.63) is 243 Å². The summed E-state index contributed by atoms with van der Waals surface area (Å²) >= 11 is 0. The lowest BCUT2D eigenvalue weighted by Gasteiger charge is -2.14. The summed E-state index contributed by atoms with van der Waals surface area (Å²) in [5, 5.41) is 8.13. The number of hydrogen-bond acceptors (Lipinski definition) is 4. The van der Waals surface area contributed by atoms with E-state index in [9.17, 15) is 0 Å². The second kappa shape index (κ2) is 16.1. The fourth-order valence-electron chi connectivity index (χ4n) is 10.5. The average molecular weight is 893 g/mol. The van der Waals surface area contributed by atoms with Gasteiger partial charge in [0.05, 0.1) is 33.6 Å². The number of nitrogens with zero attached hydrogens (tertiary/aromatic N) is 4. The Kier molecular flexibility index (Phi) is 9.14. The zero-order chi connectivity index (χ0) is 46.1. The van der Waals surface area contributed by atoms with Gasteiger partial charge in [-0.2, -0.15) is 0 Å². The molecule has 0 atom stereocenters. The highest BCUT2D eigenvalue weighted by molar-refractivity contribution is 6.29. The smallest absolute Gasteiger partial charge is 0.160 e. The molecule has 14 rings (SSSR count). The van der Waals surface area contributed by atoms with Gasteiger partial charge in [0.2, 0.25) is 0 Å². The standard InChI is InChI=1S/C65H40N4O/c1-4-16-43(17-5-1)63-54-36-37-59-62(53-25-10-12-28-58(53)69(59)48-22-8-3-9-23-48)61(54)52-35-34-45(39-57(52)66-63)41-30-32-42(33-31-41)55-40-56(68-65(67-55)44-18-6-2-7-19-44)47-21-14-20-46(38-47)49-26-15-27-51-50-24-11-13-29-60(50)70-64(49)51/h1-40H. The number of hydrogen-bond donors (Lipinski definition) is 0. The van der Waals surface area contributed by atoms with Gasteiger partial charge in [0.15, 0.2) is 5.82 Å². The van der Waals surface area contributed by atoms with Gasteiger partial charge in [-0.05, 0) is 65.2 Å². The van der Waals surface area contributed by atoms with E-state index in [1.807, 2.05) is 30.3 Å². The largest absolute Gasteiger partial charge is 0.455 e. The predicted octanol–water partition coefficient (Wildman–Crippen LogP) is 17.2. The first kappa shape index (κ1) is 39.7. The van der Waals surface area contributed by atoms with Crippen LogP contribution in [-0.4, -0.2) is 19.5 Å². The van der Waals surface area contributed by atoms with Gasteiger partial charge in [-0.15, -0.1) is 0 Å². The molecule has 0 radical (unpaired) electrons. The molecule has 0 saturated heterocycles. The van der Waals surface area contributed by atoms with Crippen molar-refractivity contribution in [3.63, 3.8) is 0 Å². The highest BCUT2D eigenvalue weighted by Crippen LogP contribution is 2.44. The Morgan fingerprint density at radius 3 is 1.76 bits per heavy atom. The highest BCUT2D eigenvalue weighted by Gasteiger charge is 2.21. The van der Waals surface area contributed by atoms with Crippen molar-refractivity contribution in [1.82, 2.24) is 19.5 Å². The van der Waals surface area contributed by atoms with Crippen LogP contribution in [0.1, 0.15) is 0 Å². The number of benzene rings is 10. The van der Waals surface area contributed by atoms with Crippen LogP contribution in [0.4, 0.5) is 0 Å². The molecule has 0 N–H and O–H groups in total. The molecule has 0 bridgehead atoms. The summed E-state index contributed by atoms with van der Waals surface area (Å²) in [6, 6.07) is 85.5. The van der Waals surface area contributed by atoms with Gasteiger partial charge in [0, 0.05) is 71.2 Å². The fourth-order valence-corrected chi connectivity index (χ4v) is 10.5. The van der Waals surface area contributed by atoms with Gasteiger partial charge in [0.1, 0.15) is 11.2 Å². The van der Waals surface area contributed by atoms with Crippen LogP contribution in [0.3, 0.4) is 0 Å². The van der Waals surface area contributed by atoms with Gasteiger partial charge >= 0.3 is 0 Å². The second-order valence-electron chi connectivity index (χ2n) is 17.9. The molecule has 0 amide bonds. The quantitative estimate of drug-likeness (QED) is 0.150. The van der Waals surface area contributed by atoms with E-state index in [4.69, 9.17) is 19.4 Å². The summed E-state index contributed by atoms with van der Waals surface area (Å²) in [6.07, 6.45) is 0. The molecule has 70 heavy (non-hydrogen) atoms. The van der Waals surface area contributed by atoms with Crippen LogP contribution in [-0.2, 0) is 0 Å². The number of pyridine rings is 1. The van der Waals surface area contributed by atoms with Crippen molar-refractivity contribution in [3.8, 4) is 73.1 Å². The van der Waals surface area contributed by atoms with Crippen molar-refractivity contribution >= 4 is 65.4 Å². The van der Waals surface area contributed by atoms with E-state index in [-0.39, 0.29) is 0 Å². The van der Waals surface area contributed by atoms with E-state index in [0.29, 0.717) is 5.82 Å². The number of aromatic nitrogens is 4. The van der Waals surface area contributed by atoms with Crippen LogP contribution in [0.25, 0.3) is 139 Å². The molecule has 0 aliphatic rings. The van der Waals surface area contributed by atoms with Crippen molar-refractivity contribution in [1.29, 1.82) is 0 Å². The minimum absolute atomic E-state index is 0.671. The Hall–Kier alpha value is -9.45. The fraction of sp³-hybridized carbons (Fsp3) is 0. The van der Waals surface area contributed by atoms with Gasteiger partial charge in [-0.3, -0.25) is 0 Å². The molecule has 0 fully saturated rings. The van der Waals surface area contributed by atoms with Gasteiger partial charge < -0.3 is 8.98 Å². The molecule has 5 heteroatoms. The maximum atomic E-state index is 6.45. The lowest BCUT2D eigenvalue weighted by molar-refractivity contribution is 0.670. The molecule has 0 saturated carbocycles. The molecule has 0 aliphatic carbocycles. The Morgan fingerprint density at radius 2 is 0.943 bits per heavy atom. The zero-order valence-electron chi connectivity index (χ0n) is 37.8. The van der Waals surface area contributed by atoms with Crippen molar-refractivity contribution in [2.45, 2.75) is 0 Å². The Labute approximate surface area is 403 Å². The van der Waals surface area contributed by atoms with E-state index in [1.165, 1.54) is 27.2 Å². The maximum Gasteiger partial charge on any atom is 0.160 e. The topological polar surface area (TPSA) is 56.7 Å². The molecule has 4 heterocycles. The summed E-state index contributed by atoms with van der Waals surface area (Å²) in [5.41, 5.74) is 17.2. The average Bonchev–Trinajstić information content (AvgIpc) is 3.99. The molecule has 0 unspecified atom stereocenters. The molecule has 326 valence electrons. The first-order valence-corrected chi connectivity index (χ1v) is 23.7. The number of fused-ring (bicyclic) bond motifs is 10. The maximum absolute atomic E-state index is 6.45. The lowest BCUT2D eigenvalue weighted by atomic mass is 9.94. The SMILES string of the molecule is c1ccc(-c2nc(-c3ccc(-c4ccc5c(c4)nc(-c4ccccc4)c4ccc6c(c7ccccc7n6-c6ccccc6)c45)cc3)cc(-c3cccc(-c4cccc5c4oc4ccccc45)c3)n2)cc1. The van der Waals surface area contributed by atoms with Gasteiger partial charge in [0.25, 0.3) is 0 Å². The Bertz CT molecular complexity index is 4330. The van der Waals surface area contributed by atoms with Crippen LogP contribution in [0.15, 0.2) is 247 Å². The van der Waals surface area contributed by atoms with Gasteiger partial charge in [-0.25, -0.2) is 15.0 Å². The number of rotatable bonds is 7. The second-order valence-corrected chi connectivity index (χ2v) is 17.9. The van der Waals surface area contributed by atoms with Crippen LogP contribution in [0.2, 0.25) is 0 Å². The molecular weight excluding hydrogens is 853 g/mol. The third-order valence-corrected chi connectivity index (χ3v) is 13.8. The summed E-state index contributed by atoms with van der Waals surface area (Å²) < 4.78 is 8.84. The van der Waals surface area contributed by atoms with Crippen molar-refractivity contribution in [2.75, 3.05) is 0 Å². The molecule has 0 spiro atoms. The molecule has 5 nitrogen and oxygen atoms in total. The van der Waals surface area contributed by atoms with E-state index in [2.05, 4.69) is 217 Å². The first-order valence-electron chi connectivity index (χ1n) is 23.7. The van der Waals surface area contributed by atoms with Crippen LogP contribution in [0, 0.1) is 0 Å². The van der Waals surface area contributed by atoms with E-state index in [1.54, 1.807) is 0 Å². The number of furan rings is 1. The zero-order valence-corrected chi connectivity index (χ0v) is 37.8. The normalized spacial score (nSPS) is 11.7. The molecular formula is C65H40N4O. The van der Waals surface area contributed by atoms with Crippen molar-refractivity contribution in [2.24, 2.45) is 0 Å². The molecule has 0 aliphatic heterocycles. The first-order chi connectivity index (χ1) is 34.7. The summed E-state index contributed by atoms with van der Waals surface area (Å²) in [6.45, 7) is 0.